The predicted octanol–water partition coefficient (Wildman–Crippen LogP) is 3.22. The van der Waals surface area contributed by atoms with Crippen LogP contribution >= 0.6 is 0 Å². The number of alkyl halides is 3. The Balaban J connectivity index is 1.86. The highest BCUT2D eigenvalue weighted by atomic mass is 32.2. The summed E-state index contributed by atoms with van der Waals surface area (Å²) in [6.07, 6.45) is -4.79. The molecule has 0 saturated carbocycles. The number of esters is 1. The van der Waals surface area contributed by atoms with Crippen molar-refractivity contribution in [2.24, 2.45) is 0 Å². The second-order valence-corrected chi connectivity index (χ2v) is 7.69. The minimum atomic E-state index is -4.79. The van der Waals surface area contributed by atoms with Crippen molar-refractivity contribution in [3.63, 3.8) is 0 Å². The van der Waals surface area contributed by atoms with Crippen molar-refractivity contribution < 1.29 is 35.9 Å². The van der Waals surface area contributed by atoms with Gasteiger partial charge in [-0.05, 0) is 54.8 Å². The van der Waals surface area contributed by atoms with Crippen LogP contribution in [-0.4, -0.2) is 27.3 Å². The molecular weight excluding hydrogens is 399 g/mol. The molecule has 0 fully saturated rings. The van der Waals surface area contributed by atoms with Crippen molar-refractivity contribution in [2.75, 3.05) is 6.54 Å². The van der Waals surface area contributed by atoms with Gasteiger partial charge in [-0.15, -0.1) is 13.2 Å². The van der Waals surface area contributed by atoms with E-state index in [1.54, 1.807) is 13.0 Å². The third kappa shape index (κ3) is 6.54. The van der Waals surface area contributed by atoms with Gasteiger partial charge in [0.25, 0.3) is 0 Å². The number of aryl methyl sites for hydroxylation is 2. The first-order chi connectivity index (χ1) is 13.0. The number of carbonyl (C=O) groups is 1. The highest BCUT2D eigenvalue weighted by molar-refractivity contribution is 7.89. The molecule has 0 aliphatic carbocycles. The number of rotatable bonds is 7. The highest BCUT2D eigenvalue weighted by Crippen LogP contribution is 2.22. The summed E-state index contributed by atoms with van der Waals surface area (Å²) < 4.78 is 71.5. The van der Waals surface area contributed by atoms with Gasteiger partial charge < -0.3 is 9.47 Å². The molecule has 0 unspecified atom stereocenters. The van der Waals surface area contributed by atoms with Crippen LogP contribution in [-0.2, 0) is 26.2 Å². The molecule has 0 amide bonds. The SMILES string of the molecule is Cc1ccc(S(=O)(=O)NCC(=O)OCc2ccc(OC(F)(F)F)cc2)cc1C. The minimum Gasteiger partial charge on any atom is -0.460 e. The van der Waals surface area contributed by atoms with Gasteiger partial charge in [0.05, 0.1) is 4.90 Å². The van der Waals surface area contributed by atoms with Gasteiger partial charge in [0, 0.05) is 0 Å². The summed E-state index contributed by atoms with van der Waals surface area (Å²) in [4.78, 5) is 11.8. The smallest absolute Gasteiger partial charge is 0.460 e. The number of nitrogens with one attached hydrogen (secondary N) is 1. The fraction of sp³-hybridized carbons (Fsp3) is 0.278. The summed E-state index contributed by atoms with van der Waals surface area (Å²) in [7, 11) is -3.87. The lowest BCUT2D eigenvalue weighted by Gasteiger charge is -2.10. The molecule has 0 aliphatic heterocycles. The van der Waals surface area contributed by atoms with Crippen LogP contribution in [0.25, 0.3) is 0 Å². The number of ether oxygens (including phenoxy) is 2. The Bertz CT molecular complexity index is 941. The Morgan fingerprint density at radius 3 is 2.25 bits per heavy atom. The van der Waals surface area contributed by atoms with E-state index in [9.17, 15) is 26.4 Å². The summed E-state index contributed by atoms with van der Waals surface area (Å²) in [6, 6.07) is 9.35. The van der Waals surface area contributed by atoms with Gasteiger partial charge in [-0.2, -0.15) is 4.72 Å². The van der Waals surface area contributed by atoms with E-state index < -0.39 is 34.6 Å². The van der Waals surface area contributed by atoms with Crippen LogP contribution in [0, 0.1) is 13.8 Å². The average molecular weight is 417 g/mol. The number of benzene rings is 2. The number of sulfonamides is 1. The van der Waals surface area contributed by atoms with E-state index in [2.05, 4.69) is 9.46 Å². The molecule has 0 spiro atoms. The van der Waals surface area contributed by atoms with E-state index in [0.717, 1.165) is 23.3 Å². The van der Waals surface area contributed by atoms with Crippen molar-refractivity contribution in [1.29, 1.82) is 0 Å². The van der Waals surface area contributed by atoms with E-state index in [-0.39, 0.29) is 11.5 Å². The summed E-state index contributed by atoms with van der Waals surface area (Å²) in [5.41, 5.74) is 2.15. The zero-order valence-electron chi connectivity index (χ0n) is 15.0. The van der Waals surface area contributed by atoms with Gasteiger partial charge in [-0.3, -0.25) is 4.79 Å². The van der Waals surface area contributed by atoms with Crippen molar-refractivity contribution >= 4 is 16.0 Å². The minimum absolute atomic E-state index is 0.0312. The van der Waals surface area contributed by atoms with Crippen molar-refractivity contribution in [2.45, 2.75) is 31.7 Å². The van der Waals surface area contributed by atoms with Gasteiger partial charge in [0.1, 0.15) is 18.9 Å². The Morgan fingerprint density at radius 2 is 1.68 bits per heavy atom. The molecule has 0 heterocycles. The van der Waals surface area contributed by atoms with Crippen LogP contribution in [0.1, 0.15) is 16.7 Å². The molecule has 2 aromatic carbocycles. The van der Waals surface area contributed by atoms with E-state index in [1.807, 2.05) is 6.92 Å². The van der Waals surface area contributed by atoms with Gasteiger partial charge >= 0.3 is 12.3 Å². The topological polar surface area (TPSA) is 81.7 Å². The highest BCUT2D eigenvalue weighted by Gasteiger charge is 2.30. The molecule has 1 N–H and O–H groups in total. The van der Waals surface area contributed by atoms with Crippen LogP contribution in [0.4, 0.5) is 13.2 Å². The maximum atomic E-state index is 12.2. The molecule has 10 heteroatoms. The Morgan fingerprint density at radius 1 is 1.04 bits per heavy atom. The van der Waals surface area contributed by atoms with Gasteiger partial charge in [-0.25, -0.2) is 8.42 Å². The van der Waals surface area contributed by atoms with Gasteiger partial charge in [-0.1, -0.05) is 18.2 Å². The lowest BCUT2D eigenvalue weighted by Crippen LogP contribution is -2.30. The number of hydrogen-bond donors (Lipinski definition) is 1. The van der Waals surface area contributed by atoms with Crippen molar-refractivity contribution in [1.82, 2.24) is 4.72 Å². The molecule has 152 valence electrons. The number of hydrogen-bond acceptors (Lipinski definition) is 5. The third-order valence-corrected chi connectivity index (χ3v) is 5.15. The lowest BCUT2D eigenvalue weighted by molar-refractivity contribution is -0.274. The molecule has 6 nitrogen and oxygen atoms in total. The molecule has 0 saturated heterocycles. The van der Waals surface area contributed by atoms with Crippen LogP contribution in [0.2, 0.25) is 0 Å². The van der Waals surface area contributed by atoms with Crippen LogP contribution in [0.15, 0.2) is 47.4 Å². The number of halogens is 3. The Hall–Kier alpha value is -2.59. The van der Waals surface area contributed by atoms with E-state index in [4.69, 9.17) is 4.74 Å². The largest absolute Gasteiger partial charge is 0.573 e. The van der Waals surface area contributed by atoms with E-state index in [0.29, 0.717) is 5.56 Å². The lowest BCUT2D eigenvalue weighted by atomic mass is 10.1. The Kier molecular flexibility index (Phi) is 6.68. The maximum Gasteiger partial charge on any atom is 0.573 e. The summed E-state index contributed by atoms with van der Waals surface area (Å²) in [5, 5.41) is 0. The first-order valence-corrected chi connectivity index (χ1v) is 9.52. The maximum absolute atomic E-state index is 12.2. The predicted molar refractivity (Wildman–Crippen MR) is 94.0 cm³/mol. The molecule has 0 bridgehead atoms. The molecule has 0 aromatic heterocycles. The summed E-state index contributed by atoms with van der Waals surface area (Å²) >= 11 is 0. The van der Waals surface area contributed by atoms with E-state index in [1.165, 1.54) is 24.3 Å². The van der Waals surface area contributed by atoms with Crippen molar-refractivity contribution in [3.8, 4) is 5.75 Å². The normalized spacial score (nSPS) is 11.9. The fourth-order valence-electron chi connectivity index (χ4n) is 2.12. The first kappa shape index (κ1) is 21.7. The third-order valence-electron chi connectivity index (χ3n) is 3.75. The molecule has 0 atom stereocenters. The fourth-order valence-corrected chi connectivity index (χ4v) is 3.17. The molecule has 28 heavy (non-hydrogen) atoms. The summed E-state index contributed by atoms with van der Waals surface area (Å²) in [5.74, 6) is -1.23. The number of carbonyl (C=O) groups excluding carboxylic acids is 1. The quantitative estimate of drug-likeness (QED) is 0.700. The molecule has 0 aliphatic rings. The standard InChI is InChI=1S/C18H18F3NO5S/c1-12-3-8-16(9-13(12)2)28(24,25)22-10-17(23)26-11-14-4-6-15(7-5-14)27-18(19,20)21/h3-9,22H,10-11H2,1-2H3. The zero-order chi connectivity index (χ0) is 20.9. The van der Waals surface area contributed by atoms with E-state index >= 15 is 0 Å². The van der Waals surface area contributed by atoms with Crippen LogP contribution < -0.4 is 9.46 Å². The molecule has 0 radical (unpaired) electrons. The average Bonchev–Trinajstić information content (AvgIpc) is 2.60. The first-order valence-electron chi connectivity index (χ1n) is 8.03. The second kappa shape index (κ2) is 8.61. The molecule has 2 rings (SSSR count). The van der Waals surface area contributed by atoms with Crippen molar-refractivity contribution in [3.05, 3.63) is 59.2 Å². The van der Waals surface area contributed by atoms with Crippen LogP contribution in [0.5, 0.6) is 5.75 Å². The van der Waals surface area contributed by atoms with Gasteiger partial charge in [0.2, 0.25) is 10.0 Å². The zero-order valence-corrected chi connectivity index (χ0v) is 15.9. The Labute approximate surface area is 160 Å². The monoisotopic (exact) mass is 417 g/mol. The van der Waals surface area contributed by atoms with Crippen LogP contribution in [0.3, 0.4) is 0 Å². The van der Waals surface area contributed by atoms with Gasteiger partial charge in [0.15, 0.2) is 0 Å². The second-order valence-electron chi connectivity index (χ2n) is 5.92. The molecular formula is C18H18F3NO5S. The molecule has 2 aromatic rings. The summed E-state index contributed by atoms with van der Waals surface area (Å²) in [6.45, 7) is 2.81.